The van der Waals surface area contributed by atoms with Gasteiger partial charge < -0.3 is 34.9 Å². The maximum Gasteiger partial charge on any atom is 0.427 e. The van der Waals surface area contributed by atoms with E-state index >= 15 is 0 Å². The zero-order chi connectivity index (χ0) is 36.7. The first-order chi connectivity index (χ1) is 22.6. The first-order valence-corrected chi connectivity index (χ1v) is 16.3. The molecule has 1 saturated carbocycles. The number of nitrogens with one attached hydrogen (secondary N) is 2. The Balaban J connectivity index is 1.68. The highest BCUT2D eigenvalue weighted by Crippen LogP contribution is 2.46. The van der Waals surface area contributed by atoms with Crippen molar-refractivity contribution in [2.45, 2.75) is 103 Å². The maximum atomic E-state index is 14.3. The maximum absolute atomic E-state index is 14.3. The van der Waals surface area contributed by atoms with E-state index in [1.54, 1.807) is 58.9 Å². The smallest absolute Gasteiger partial charge is 0.427 e. The van der Waals surface area contributed by atoms with Crippen LogP contribution in [0.15, 0.2) is 24.3 Å². The van der Waals surface area contributed by atoms with Crippen LogP contribution >= 0.6 is 11.6 Å². The van der Waals surface area contributed by atoms with Gasteiger partial charge in [0.25, 0.3) is 0 Å². The van der Waals surface area contributed by atoms with E-state index in [0.717, 1.165) is 4.90 Å². The van der Waals surface area contributed by atoms with Crippen LogP contribution in [-0.4, -0.2) is 87.5 Å². The first-order valence-electron chi connectivity index (χ1n) is 16.0. The van der Waals surface area contributed by atoms with Gasteiger partial charge in [-0.3, -0.25) is 9.59 Å². The number of para-hydroxylation sites is 1. The van der Waals surface area contributed by atoms with E-state index < -0.39 is 64.8 Å². The number of aromatic nitrogens is 1. The van der Waals surface area contributed by atoms with Gasteiger partial charge in [-0.2, -0.15) is 13.2 Å². The summed E-state index contributed by atoms with van der Waals surface area (Å²) in [5.74, 6) is -2.54. The molecule has 16 heteroatoms. The van der Waals surface area contributed by atoms with Crippen molar-refractivity contribution in [1.82, 2.24) is 20.5 Å². The van der Waals surface area contributed by atoms with E-state index in [9.17, 15) is 37.5 Å². The van der Waals surface area contributed by atoms with Crippen LogP contribution in [0.4, 0.5) is 18.0 Å². The highest BCUT2D eigenvalue weighted by Gasteiger charge is 2.61. The van der Waals surface area contributed by atoms with Crippen LogP contribution in [0.1, 0.15) is 67.7 Å². The van der Waals surface area contributed by atoms with Crippen molar-refractivity contribution in [3.63, 3.8) is 0 Å². The van der Waals surface area contributed by atoms with Gasteiger partial charge in [0.15, 0.2) is 0 Å². The number of amides is 3. The van der Waals surface area contributed by atoms with Crippen molar-refractivity contribution in [3.8, 4) is 11.6 Å². The SMILES string of the molecule is CCOc1cc(O[C@@H]2C[C@@H](C(=O)N[C@]3(C(=O)O)C[C@H]3CC)N(C(=O)[C@@H](NC(=O)OC(C)(C)C(F)(F)F)C(C)(C)C)C2)c2cccc(Cl)c2n1. The molecule has 12 nitrogen and oxygen atoms in total. The molecule has 0 spiro atoms. The predicted octanol–water partition coefficient (Wildman–Crippen LogP) is 5.49. The summed E-state index contributed by atoms with van der Waals surface area (Å²) < 4.78 is 57.1. The minimum atomic E-state index is -4.89. The minimum Gasteiger partial charge on any atom is -0.488 e. The molecule has 0 bridgehead atoms. The molecule has 2 heterocycles. The van der Waals surface area contributed by atoms with Crippen molar-refractivity contribution in [2.24, 2.45) is 11.3 Å². The van der Waals surface area contributed by atoms with Gasteiger partial charge in [0.05, 0.1) is 23.7 Å². The van der Waals surface area contributed by atoms with Crippen molar-refractivity contribution in [2.75, 3.05) is 13.2 Å². The molecule has 2 fully saturated rings. The average Bonchev–Trinajstić information content (AvgIpc) is 3.54. The summed E-state index contributed by atoms with van der Waals surface area (Å²) >= 11 is 6.41. The summed E-state index contributed by atoms with van der Waals surface area (Å²) in [5.41, 5.74) is -5.04. The Kier molecular flexibility index (Phi) is 10.6. The number of ether oxygens (including phenoxy) is 3. The molecule has 270 valence electrons. The number of likely N-dealkylation sites (tertiary alicyclic amines) is 1. The lowest BCUT2D eigenvalue weighted by atomic mass is 9.85. The van der Waals surface area contributed by atoms with Crippen LogP contribution in [0.2, 0.25) is 5.02 Å². The number of carboxylic acids is 1. The van der Waals surface area contributed by atoms with Gasteiger partial charge in [-0.25, -0.2) is 14.6 Å². The number of nitrogens with zero attached hydrogens (tertiary/aromatic N) is 2. The third-order valence-electron chi connectivity index (χ3n) is 8.89. The lowest BCUT2D eigenvalue weighted by Gasteiger charge is -2.36. The zero-order valence-corrected chi connectivity index (χ0v) is 29.1. The normalized spacial score (nSPS) is 23.1. The topological polar surface area (TPSA) is 156 Å². The molecule has 0 radical (unpaired) electrons. The molecule has 2 aromatic rings. The molecular weight excluding hydrogens is 673 g/mol. The fourth-order valence-corrected chi connectivity index (χ4v) is 6.10. The summed E-state index contributed by atoms with van der Waals surface area (Å²) in [5, 5.41) is 15.7. The van der Waals surface area contributed by atoms with Crippen LogP contribution in [-0.2, 0) is 19.1 Å². The molecule has 3 N–H and O–H groups in total. The number of hydrogen-bond donors (Lipinski definition) is 3. The number of fused-ring (bicyclic) bond motifs is 1. The number of alkyl carbamates (subject to hydrolysis) is 1. The van der Waals surface area contributed by atoms with E-state index in [1.807, 2.05) is 0 Å². The Morgan fingerprint density at radius 3 is 2.37 bits per heavy atom. The first kappa shape index (κ1) is 37.8. The summed E-state index contributed by atoms with van der Waals surface area (Å²) in [4.78, 5) is 58.7. The monoisotopic (exact) mass is 714 g/mol. The molecule has 1 aromatic heterocycles. The number of rotatable bonds is 11. The lowest BCUT2D eigenvalue weighted by molar-refractivity contribution is -0.244. The number of aliphatic carboxylic acids is 1. The molecular formula is C33H42ClF3N4O8. The van der Waals surface area contributed by atoms with Crippen molar-refractivity contribution in [1.29, 1.82) is 0 Å². The van der Waals surface area contributed by atoms with E-state index in [1.165, 1.54) is 0 Å². The predicted molar refractivity (Wildman–Crippen MR) is 172 cm³/mol. The average molecular weight is 715 g/mol. The van der Waals surface area contributed by atoms with Crippen LogP contribution < -0.4 is 20.1 Å². The molecule has 5 atom stereocenters. The molecule has 1 aliphatic heterocycles. The van der Waals surface area contributed by atoms with Crippen LogP contribution in [0.5, 0.6) is 11.6 Å². The van der Waals surface area contributed by atoms with Crippen molar-refractivity contribution >= 4 is 46.4 Å². The van der Waals surface area contributed by atoms with Crippen LogP contribution in [0.25, 0.3) is 10.9 Å². The van der Waals surface area contributed by atoms with Gasteiger partial charge in [-0.1, -0.05) is 51.8 Å². The molecule has 0 unspecified atom stereocenters. The second-order valence-corrected chi connectivity index (χ2v) is 14.3. The molecule has 1 saturated heterocycles. The molecule has 2 aliphatic rings. The van der Waals surface area contributed by atoms with E-state index in [0.29, 0.717) is 48.6 Å². The van der Waals surface area contributed by atoms with Crippen molar-refractivity contribution in [3.05, 3.63) is 29.3 Å². The van der Waals surface area contributed by atoms with Gasteiger partial charge in [0.2, 0.25) is 23.3 Å². The molecule has 1 aliphatic carbocycles. The second-order valence-electron chi connectivity index (χ2n) is 13.9. The second kappa shape index (κ2) is 13.7. The summed E-state index contributed by atoms with van der Waals surface area (Å²) in [6.07, 6.45) is -6.59. The number of hydrogen-bond acceptors (Lipinski definition) is 8. The van der Waals surface area contributed by atoms with Gasteiger partial charge in [0, 0.05) is 17.9 Å². The van der Waals surface area contributed by atoms with Gasteiger partial charge in [-0.05, 0) is 50.7 Å². The van der Waals surface area contributed by atoms with Crippen LogP contribution in [0.3, 0.4) is 0 Å². The number of pyridine rings is 1. The molecule has 49 heavy (non-hydrogen) atoms. The summed E-state index contributed by atoms with van der Waals surface area (Å²) in [6.45, 7) is 9.78. The molecule has 4 rings (SSSR count). The quantitative estimate of drug-likeness (QED) is 0.274. The highest BCUT2D eigenvalue weighted by atomic mass is 35.5. The fraction of sp³-hybridized carbons (Fsp3) is 0.606. The Labute approximate surface area is 287 Å². The third-order valence-corrected chi connectivity index (χ3v) is 9.20. The number of benzene rings is 1. The zero-order valence-electron chi connectivity index (χ0n) is 28.4. The lowest BCUT2D eigenvalue weighted by Crippen LogP contribution is -2.60. The summed E-state index contributed by atoms with van der Waals surface area (Å²) in [7, 11) is 0. The number of carboxylic acid groups (broad SMARTS) is 1. The van der Waals surface area contributed by atoms with Gasteiger partial charge in [0.1, 0.15) is 29.5 Å². The fourth-order valence-electron chi connectivity index (χ4n) is 5.88. The Bertz CT molecular complexity index is 1610. The summed E-state index contributed by atoms with van der Waals surface area (Å²) in [6, 6.07) is 3.90. The van der Waals surface area contributed by atoms with Gasteiger partial charge in [-0.15, -0.1) is 0 Å². The number of carbonyl (C=O) groups excluding carboxylic acids is 3. The number of alkyl halides is 3. The highest BCUT2D eigenvalue weighted by molar-refractivity contribution is 6.35. The van der Waals surface area contributed by atoms with Crippen molar-refractivity contribution < 1.29 is 51.7 Å². The molecule has 3 amide bonds. The minimum absolute atomic E-state index is 0.0825. The van der Waals surface area contributed by atoms with E-state index in [-0.39, 0.29) is 31.2 Å². The largest absolute Gasteiger partial charge is 0.488 e. The third kappa shape index (κ3) is 7.92. The van der Waals surface area contributed by atoms with E-state index in [2.05, 4.69) is 20.4 Å². The van der Waals surface area contributed by atoms with Crippen LogP contribution in [0, 0.1) is 11.3 Å². The van der Waals surface area contributed by atoms with Gasteiger partial charge >= 0.3 is 18.2 Å². The number of halogens is 4. The standard InChI is InChI=1S/C33H42ClF3N4O8/c1-8-17-15-32(17,28(44)45)40-26(42)21-13-18(48-22-14-23(47-9-2)38-24-19(22)11-10-12-20(24)34)16-41(21)27(43)25(30(3,4)5)39-29(46)49-31(6,7)33(35,36)37/h10-12,14,17-18,21,25H,8-9,13,15-16H2,1-7H3,(H,39,46)(H,40,42)(H,44,45)/t17-,18-,21+,25-,32-/m1/s1. The Hall–Kier alpha value is -4.01. The molecule has 1 aromatic carbocycles. The van der Waals surface area contributed by atoms with E-state index in [4.69, 9.17) is 21.1 Å². The Morgan fingerprint density at radius 2 is 1.82 bits per heavy atom. The number of carbonyl (C=O) groups is 4. The Morgan fingerprint density at radius 1 is 1.14 bits per heavy atom.